The Bertz CT molecular complexity index is 210. The lowest BCUT2D eigenvalue weighted by Gasteiger charge is -2.35. The zero-order valence-electron chi connectivity index (χ0n) is 9.12. The van der Waals surface area contributed by atoms with Gasteiger partial charge in [0, 0.05) is 13.1 Å². The van der Waals surface area contributed by atoms with Gasteiger partial charge < -0.3 is 14.7 Å². The van der Waals surface area contributed by atoms with E-state index in [2.05, 4.69) is 0 Å². The summed E-state index contributed by atoms with van der Waals surface area (Å²) < 4.78 is 5.44. The molecule has 0 bridgehead atoms. The first kappa shape index (κ1) is 11.5. The van der Waals surface area contributed by atoms with Crippen molar-refractivity contribution in [2.45, 2.75) is 38.9 Å². The molecule has 0 saturated carbocycles. The number of carbonyl (C=O) groups excluding carboxylic acids is 1. The molecule has 0 aliphatic carbocycles. The van der Waals surface area contributed by atoms with Crippen LogP contribution < -0.4 is 0 Å². The van der Waals surface area contributed by atoms with Crippen LogP contribution in [0.5, 0.6) is 0 Å². The molecule has 0 aromatic rings. The molecule has 1 heterocycles. The van der Waals surface area contributed by atoms with Crippen LogP contribution in [0.4, 0.5) is 0 Å². The van der Waals surface area contributed by atoms with E-state index in [9.17, 15) is 9.90 Å². The molecule has 1 saturated heterocycles. The predicted molar refractivity (Wildman–Crippen MR) is 52.9 cm³/mol. The van der Waals surface area contributed by atoms with Gasteiger partial charge in [-0.25, -0.2) is 0 Å². The second-order valence-corrected chi connectivity index (χ2v) is 4.21. The fraction of sp³-hybridized carbons (Fsp3) is 0.900. The topological polar surface area (TPSA) is 49.8 Å². The van der Waals surface area contributed by atoms with Crippen molar-refractivity contribution in [1.82, 2.24) is 4.90 Å². The maximum Gasteiger partial charge on any atom is 0.254 e. The average molecular weight is 201 g/mol. The minimum Gasteiger partial charge on any atom is -0.381 e. The maximum absolute atomic E-state index is 11.7. The SMILES string of the molecule is CCC1CN(C(=O)C(C)(C)O)CCO1. The number of amides is 1. The molecule has 1 aliphatic rings. The highest BCUT2D eigenvalue weighted by atomic mass is 16.5. The molecule has 14 heavy (non-hydrogen) atoms. The second-order valence-electron chi connectivity index (χ2n) is 4.21. The third-order valence-corrected chi connectivity index (χ3v) is 2.40. The van der Waals surface area contributed by atoms with E-state index in [-0.39, 0.29) is 12.0 Å². The maximum atomic E-state index is 11.7. The van der Waals surface area contributed by atoms with E-state index in [0.29, 0.717) is 19.7 Å². The molecule has 1 atom stereocenters. The standard InChI is InChI=1S/C10H19NO3/c1-4-8-7-11(5-6-14-8)9(12)10(2,3)13/h8,13H,4-7H2,1-3H3. The molecule has 0 aromatic heterocycles. The van der Waals surface area contributed by atoms with Gasteiger partial charge >= 0.3 is 0 Å². The lowest BCUT2D eigenvalue weighted by molar-refractivity contribution is -0.155. The Labute approximate surface area is 84.8 Å². The zero-order chi connectivity index (χ0) is 10.8. The van der Waals surface area contributed by atoms with Gasteiger partial charge in [0.2, 0.25) is 0 Å². The first-order valence-corrected chi connectivity index (χ1v) is 5.08. The van der Waals surface area contributed by atoms with Crippen molar-refractivity contribution >= 4 is 5.91 Å². The first-order chi connectivity index (χ1) is 6.45. The summed E-state index contributed by atoms with van der Waals surface area (Å²) in [6.45, 7) is 6.82. The van der Waals surface area contributed by atoms with Gasteiger partial charge in [-0.05, 0) is 20.3 Å². The molecule has 0 spiro atoms. The molecule has 1 rings (SSSR count). The number of nitrogens with zero attached hydrogens (tertiary/aromatic N) is 1. The highest BCUT2D eigenvalue weighted by Crippen LogP contribution is 2.13. The molecular weight excluding hydrogens is 182 g/mol. The molecule has 1 unspecified atom stereocenters. The van der Waals surface area contributed by atoms with E-state index in [1.54, 1.807) is 4.90 Å². The molecule has 1 fully saturated rings. The largest absolute Gasteiger partial charge is 0.381 e. The van der Waals surface area contributed by atoms with Gasteiger partial charge in [0.1, 0.15) is 5.60 Å². The van der Waals surface area contributed by atoms with Crippen LogP contribution in [-0.4, -0.2) is 47.3 Å². The van der Waals surface area contributed by atoms with Crippen molar-refractivity contribution in [1.29, 1.82) is 0 Å². The summed E-state index contributed by atoms with van der Waals surface area (Å²) in [4.78, 5) is 13.4. The van der Waals surface area contributed by atoms with Crippen LogP contribution in [-0.2, 0) is 9.53 Å². The number of ether oxygens (including phenoxy) is 1. The van der Waals surface area contributed by atoms with Gasteiger partial charge in [0.15, 0.2) is 0 Å². The third kappa shape index (κ3) is 2.69. The Morgan fingerprint density at radius 3 is 2.79 bits per heavy atom. The van der Waals surface area contributed by atoms with Gasteiger partial charge in [-0.3, -0.25) is 4.79 Å². The molecular formula is C10H19NO3. The van der Waals surface area contributed by atoms with Crippen LogP contribution >= 0.6 is 0 Å². The molecule has 82 valence electrons. The summed E-state index contributed by atoms with van der Waals surface area (Å²) in [7, 11) is 0. The Balaban J connectivity index is 2.56. The van der Waals surface area contributed by atoms with Gasteiger partial charge in [-0.15, -0.1) is 0 Å². The molecule has 4 nitrogen and oxygen atoms in total. The molecule has 0 radical (unpaired) electrons. The van der Waals surface area contributed by atoms with Crippen molar-refractivity contribution in [3.8, 4) is 0 Å². The Hall–Kier alpha value is -0.610. The van der Waals surface area contributed by atoms with Gasteiger partial charge in [-0.1, -0.05) is 6.92 Å². The second kappa shape index (κ2) is 4.28. The van der Waals surface area contributed by atoms with Crippen LogP contribution in [0.25, 0.3) is 0 Å². The highest BCUT2D eigenvalue weighted by molar-refractivity contribution is 5.84. The molecule has 1 amide bonds. The van der Waals surface area contributed by atoms with Crippen LogP contribution in [0.15, 0.2) is 0 Å². The van der Waals surface area contributed by atoms with Crippen LogP contribution in [0, 0.1) is 0 Å². The quantitative estimate of drug-likeness (QED) is 0.703. The van der Waals surface area contributed by atoms with E-state index in [1.807, 2.05) is 6.92 Å². The van der Waals surface area contributed by atoms with Crippen molar-refractivity contribution in [2.24, 2.45) is 0 Å². The van der Waals surface area contributed by atoms with E-state index in [4.69, 9.17) is 4.74 Å². The van der Waals surface area contributed by atoms with Gasteiger partial charge in [-0.2, -0.15) is 0 Å². The van der Waals surface area contributed by atoms with E-state index >= 15 is 0 Å². The number of hydrogen-bond donors (Lipinski definition) is 1. The van der Waals surface area contributed by atoms with E-state index in [1.165, 1.54) is 13.8 Å². The molecule has 4 heteroatoms. The Morgan fingerprint density at radius 1 is 1.64 bits per heavy atom. The summed E-state index contributed by atoms with van der Waals surface area (Å²) in [6, 6.07) is 0. The molecule has 1 N–H and O–H groups in total. The summed E-state index contributed by atoms with van der Waals surface area (Å²) in [5.74, 6) is -0.209. The zero-order valence-corrected chi connectivity index (χ0v) is 9.12. The lowest BCUT2D eigenvalue weighted by atomic mass is 10.1. The van der Waals surface area contributed by atoms with Crippen LogP contribution in [0.3, 0.4) is 0 Å². The fourth-order valence-electron chi connectivity index (χ4n) is 1.54. The summed E-state index contributed by atoms with van der Waals surface area (Å²) in [5, 5.41) is 9.57. The summed E-state index contributed by atoms with van der Waals surface area (Å²) in [6.07, 6.45) is 1.02. The van der Waals surface area contributed by atoms with Crippen molar-refractivity contribution in [3.63, 3.8) is 0 Å². The van der Waals surface area contributed by atoms with Crippen LogP contribution in [0.1, 0.15) is 27.2 Å². The minimum atomic E-state index is -1.27. The molecule has 1 aliphatic heterocycles. The van der Waals surface area contributed by atoms with Gasteiger partial charge in [0.25, 0.3) is 5.91 Å². The average Bonchev–Trinajstić information content (AvgIpc) is 2.15. The number of carbonyl (C=O) groups is 1. The Kier molecular flexibility index (Phi) is 3.50. The highest BCUT2D eigenvalue weighted by Gasteiger charge is 2.32. The van der Waals surface area contributed by atoms with Crippen molar-refractivity contribution < 1.29 is 14.6 Å². The number of hydrogen-bond acceptors (Lipinski definition) is 3. The van der Waals surface area contributed by atoms with E-state index < -0.39 is 5.60 Å². The van der Waals surface area contributed by atoms with E-state index in [0.717, 1.165) is 6.42 Å². The summed E-state index contributed by atoms with van der Waals surface area (Å²) in [5.41, 5.74) is -1.27. The predicted octanol–water partition coefficient (Wildman–Crippen LogP) is 0.395. The van der Waals surface area contributed by atoms with Crippen molar-refractivity contribution in [2.75, 3.05) is 19.7 Å². The number of morpholine rings is 1. The van der Waals surface area contributed by atoms with Crippen molar-refractivity contribution in [3.05, 3.63) is 0 Å². The number of aliphatic hydroxyl groups is 1. The molecule has 0 aromatic carbocycles. The fourth-order valence-corrected chi connectivity index (χ4v) is 1.54. The normalized spacial score (nSPS) is 23.7. The lowest BCUT2D eigenvalue weighted by Crippen LogP contribution is -2.52. The van der Waals surface area contributed by atoms with Crippen LogP contribution in [0.2, 0.25) is 0 Å². The minimum absolute atomic E-state index is 0.120. The monoisotopic (exact) mass is 201 g/mol. The Morgan fingerprint density at radius 2 is 2.29 bits per heavy atom. The van der Waals surface area contributed by atoms with Gasteiger partial charge in [0.05, 0.1) is 12.7 Å². The number of rotatable bonds is 2. The summed E-state index contributed by atoms with van der Waals surface area (Å²) >= 11 is 0. The first-order valence-electron chi connectivity index (χ1n) is 5.08. The smallest absolute Gasteiger partial charge is 0.254 e. The third-order valence-electron chi connectivity index (χ3n) is 2.40.